The number of aliphatic carboxylic acids is 1. The molecule has 2 atom stereocenters. The zero-order valence-corrected chi connectivity index (χ0v) is 10.4. The van der Waals surface area contributed by atoms with Gasteiger partial charge in [0.1, 0.15) is 5.82 Å². The lowest BCUT2D eigenvalue weighted by molar-refractivity contribution is -0.141. The van der Waals surface area contributed by atoms with Crippen LogP contribution in [-0.2, 0) is 9.59 Å². The van der Waals surface area contributed by atoms with Crippen LogP contribution in [0.25, 0.3) is 0 Å². The summed E-state index contributed by atoms with van der Waals surface area (Å²) in [6.07, 6.45) is 3.05. The van der Waals surface area contributed by atoms with Gasteiger partial charge in [0.2, 0.25) is 5.91 Å². The van der Waals surface area contributed by atoms with Crippen molar-refractivity contribution in [3.8, 4) is 0 Å². The summed E-state index contributed by atoms with van der Waals surface area (Å²) >= 11 is 5.78. The molecule has 1 aromatic heterocycles. The third kappa shape index (κ3) is 2.98. The molecule has 96 valence electrons. The van der Waals surface area contributed by atoms with E-state index in [1.807, 2.05) is 0 Å². The molecule has 2 N–H and O–H groups in total. The summed E-state index contributed by atoms with van der Waals surface area (Å²) in [6, 6.07) is 3.18. The van der Waals surface area contributed by atoms with Crippen molar-refractivity contribution >= 4 is 29.3 Å². The molecule has 1 heterocycles. The van der Waals surface area contributed by atoms with E-state index in [0.29, 0.717) is 30.1 Å². The van der Waals surface area contributed by atoms with Crippen molar-refractivity contribution in [1.82, 2.24) is 4.98 Å². The maximum absolute atomic E-state index is 11.9. The van der Waals surface area contributed by atoms with Crippen LogP contribution in [0.15, 0.2) is 18.3 Å². The molecular weight excluding hydrogens is 256 g/mol. The summed E-state index contributed by atoms with van der Waals surface area (Å²) in [5.74, 6) is -1.29. The van der Waals surface area contributed by atoms with Crippen LogP contribution in [0, 0.1) is 11.8 Å². The van der Waals surface area contributed by atoms with E-state index < -0.39 is 11.9 Å². The average Bonchev–Trinajstić information content (AvgIpc) is 2.78. The Morgan fingerprint density at radius 2 is 2.11 bits per heavy atom. The molecule has 1 aromatic rings. The van der Waals surface area contributed by atoms with Gasteiger partial charge in [0.15, 0.2) is 0 Å². The second kappa shape index (κ2) is 5.35. The van der Waals surface area contributed by atoms with E-state index in [1.54, 1.807) is 12.1 Å². The number of carboxylic acid groups (broad SMARTS) is 1. The number of aromatic nitrogens is 1. The van der Waals surface area contributed by atoms with Gasteiger partial charge in [0, 0.05) is 17.1 Å². The fourth-order valence-electron chi connectivity index (χ4n) is 2.15. The molecule has 1 aliphatic rings. The number of anilines is 1. The highest BCUT2D eigenvalue weighted by molar-refractivity contribution is 6.30. The lowest BCUT2D eigenvalue weighted by Crippen LogP contribution is -2.22. The van der Waals surface area contributed by atoms with Crippen LogP contribution in [0.5, 0.6) is 0 Å². The number of carbonyl (C=O) groups excluding carboxylic acids is 1. The van der Waals surface area contributed by atoms with E-state index in [9.17, 15) is 9.59 Å². The maximum atomic E-state index is 11.9. The number of pyridine rings is 1. The monoisotopic (exact) mass is 268 g/mol. The second-order valence-corrected chi connectivity index (χ2v) is 4.83. The summed E-state index contributed by atoms with van der Waals surface area (Å²) in [7, 11) is 0. The predicted octanol–water partition coefficient (Wildman–Crippen LogP) is 2.17. The number of halogens is 1. The summed E-state index contributed by atoms with van der Waals surface area (Å²) in [4.78, 5) is 26.7. The van der Waals surface area contributed by atoms with E-state index in [1.165, 1.54) is 6.20 Å². The minimum absolute atomic E-state index is 0.187. The number of hydrogen-bond acceptors (Lipinski definition) is 3. The molecule has 2 unspecified atom stereocenters. The summed E-state index contributed by atoms with van der Waals surface area (Å²) in [5, 5.41) is 12.0. The van der Waals surface area contributed by atoms with Crippen molar-refractivity contribution in [3.05, 3.63) is 23.4 Å². The molecule has 1 fully saturated rings. The first-order valence-corrected chi connectivity index (χ1v) is 6.09. The van der Waals surface area contributed by atoms with E-state index in [-0.39, 0.29) is 11.8 Å². The van der Waals surface area contributed by atoms with Gasteiger partial charge < -0.3 is 10.4 Å². The Hall–Kier alpha value is -1.62. The van der Waals surface area contributed by atoms with Gasteiger partial charge in [-0.05, 0) is 31.4 Å². The number of carboxylic acids is 1. The van der Waals surface area contributed by atoms with Gasteiger partial charge in [-0.1, -0.05) is 11.6 Å². The molecule has 0 aromatic carbocycles. The Morgan fingerprint density at radius 3 is 2.72 bits per heavy atom. The largest absolute Gasteiger partial charge is 0.481 e. The molecule has 0 spiro atoms. The van der Waals surface area contributed by atoms with Crippen LogP contribution in [0.3, 0.4) is 0 Å². The lowest BCUT2D eigenvalue weighted by Gasteiger charge is -2.10. The van der Waals surface area contributed by atoms with Crippen LogP contribution < -0.4 is 5.32 Å². The minimum Gasteiger partial charge on any atom is -0.481 e. The van der Waals surface area contributed by atoms with E-state index in [2.05, 4.69) is 10.3 Å². The van der Waals surface area contributed by atoms with E-state index in [4.69, 9.17) is 16.7 Å². The molecule has 0 aliphatic heterocycles. The molecule has 1 aliphatic carbocycles. The highest BCUT2D eigenvalue weighted by atomic mass is 35.5. The Bertz CT molecular complexity index is 478. The zero-order chi connectivity index (χ0) is 13.1. The number of nitrogens with zero attached hydrogens (tertiary/aromatic N) is 1. The van der Waals surface area contributed by atoms with Gasteiger partial charge in [-0.15, -0.1) is 0 Å². The van der Waals surface area contributed by atoms with Crippen LogP contribution in [0.1, 0.15) is 19.3 Å². The van der Waals surface area contributed by atoms with Crippen LogP contribution >= 0.6 is 11.6 Å². The lowest BCUT2D eigenvalue weighted by atomic mass is 10.0. The standard InChI is InChI=1S/C12H13ClN2O3/c13-9-3-4-14-10(6-9)15-11(16)7-1-2-8(5-7)12(17)18/h3-4,6-8H,1-2,5H2,(H,17,18)(H,14,15,16). The molecule has 0 saturated heterocycles. The first-order chi connectivity index (χ1) is 8.56. The molecule has 18 heavy (non-hydrogen) atoms. The first kappa shape index (κ1) is 12.8. The molecular formula is C12H13ClN2O3. The van der Waals surface area contributed by atoms with Gasteiger partial charge in [0.25, 0.3) is 0 Å². The highest BCUT2D eigenvalue weighted by Gasteiger charge is 2.33. The summed E-state index contributed by atoms with van der Waals surface area (Å²) in [5.41, 5.74) is 0. The first-order valence-electron chi connectivity index (χ1n) is 5.71. The third-order valence-corrected chi connectivity index (χ3v) is 3.36. The topological polar surface area (TPSA) is 79.3 Å². The number of amides is 1. The maximum Gasteiger partial charge on any atom is 0.306 e. The van der Waals surface area contributed by atoms with Crippen molar-refractivity contribution in [2.45, 2.75) is 19.3 Å². The zero-order valence-electron chi connectivity index (χ0n) is 9.60. The SMILES string of the molecule is O=C(O)C1CCC(C(=O)Nc2cc(Cl)ccn2)C1. The molecule has 1 amide bonds. The fraction of sp³-hybridized carbons (Fsp3) is 0.417. The fourth-order valence-corrected chi connectivity index (χ4v) is 2.31. The Balaban J connectivity index is 1.95. The molecule has 0 bridgehead atoms. The minimum atomic E-state index is -0.828. The normalized spacial score (nSPS) is 22.7. The molecule has 1 saturated carbocycles. The third-order valence-electron chi connectivity index (χ3n) is 3.13. The van der Waals surface area contributed by atoms with E-state index in [0.717, 1.165) is 0 Å². The second-order valence-electron chi connectivity index (χ2n) is 4.39. The number of hydrogen-bond donors (Lipinski definition) is 2. The molecule has 6 heteroatoms. The predicted molar refractivity (Wildman–Crippen MR) is 66.3 cm³/mol. The molecule has 5 nitrogen and oxygen atoms in total. The molecule has 2 rings (SSSR count). The highest BCUT2D eigenvalue weighted by Crippen LogP contribution is 2.31. The smallest absolute Gasteiger partial charge is 0.306 e. The van der Waals surface area contributed by atoms with Gasteiger partial charge in [-0.3, -0.25) is 9.59 Å². The van der Waals surface area contributed by atoms with Crippen LogP contribution in [0.2, 0.25) is 5.02 Å². The quantitative estimate of drug-likeness (QED) is 0.881. The van der Waals surface area contributed by atoms with Crippen molar-refractivity contribution < 1.29 is 14.7 Å². The van der Waals surface area contributed by atoms with Crippen molar-refractivity contribution in [3.63, 3.8) is 0 Å². The summed E-state index contributed by atoms with van der Waals surface area (Å²) in [6.45, 7) is 0. The molecule has 0 radical (unpaired) electrons. The van der Waals surface area contributed by atoms with Gasteiger partial charge in [-0.2, -0.15) is 0 Å². The van der Waals surface area contributed by atoms with Gasteiger partial charge >= 0.3 is 5.97 Å². The number of rotatable bonds is 3. The average molecular weight is 269 g/mol. The van der Waals surface area contributed by atoms with Crippen molar-refractivity contribution in [2.75, 3.05) is 5.32 Å². The Morgan fingerprint density at radius 1 is 1.39 bits per heavy atom. The van der Waals surface area contributed by atoms with Gasteiger partial charge in [0.05, 0.1) is 5.92 Å². The Kier molecular flexibility index (Phi) is 3.81. The van der Waals surface area contributed by atoms with Gasteiger partial charge in [-0.25, -0.2) is 4.98 Å². The van der Waals surface area contributed by atoms with E-state index >= 15 is 0 Å². The Labute approximate surface area is 109 Å². The van der Waals surface area contributed by atoms with Crippen LogP contribution in [0.4, 0.5) is 5.82 Å². The van der Waals surface area contributed by atoms with Crippen molar-refractivity contribution in [2.24, 2.45) is 11.8 Å². The van der Waals surface area contributed by atoms with Crippen molar-refractivity contribution in [1.29, 1.82) is 0 Å². The number of nitrogens with one attached hydrogen (secondary N) is 1. The number of carbonyl (C=O) groups is 2. The van der Waals surface area contributed by atoms with Crippen LogP contribution in [-0.4, -0.2) is 22.0 Å². The summed E-state index contributed by atoms with van der Waals surface area (Å²) < 4.78 is 0.